The molecule has 0 saturated carbocycles. The van der Waals surface area contributed by atoms with E-state index in [0.29, 0.717) is 30.5 Å². The average Bonchev–Trinajstić information content (AvgIpc) is 2.79. The first-order chi connectivity index (χ1) is 15.1. The minimum atomic E-state index is -4.04. The number of amides is 1. The maximum Gasteiger partial charge on any atom is 0.265 e. The quantitative estimate of drug-likeness (QED) is 0.431. The molecule has 0 unspecified atom stereocenters. The van der Waals surface area contributed by atoms with Crippen LogP contribution in [0.4, 0.5) is 0 Å². The number of halogens is 1. The van der Waals surface area contributed by atoms with Crippen molar-refractivity contribution < 1.29 is 23.2 Å². The zero-order chi connectivity index (χ0) is 23.5. The van der Waals surface area contributed by atoms with E-state index in [4.69, 9.17) is 4.74 Å². The number of benzene rings is 2. The summed E-state index contributed by atoms with van der Waals surface area (Å²) in [4.78, 5) is 14.7. The Bertz CT molecular complexity index is 1030. The third-order valence-electron chi connectivity index (χ3n) is 6.28. The molecular weight excluding hydrogens is 464 g/mol. The van der Waals surface area contributed by atoms with E-state index in [9.17, 15) is 18.4 Å². The van der Waals surface area contributed by atoms with Gasteiger partial charge in [0.15, 0.2) is 14.6 Å². The molecule has 2 aromatic carbocycles. The van der Waals surface area contributed by atoms with E-state index in [0.717, 1.165) is 0 Å². The molecule has 182 valence electrons. The molecule has 1 aliphatic rings. The predicted octanol–water partition coefficient (Wildman–Crippen LogP) is 4.55. The lowest BCUT2D eigenvalue weighted by molar-refractivity contribution is -0.133. The van der Waals surface area contributed by atoms with Crippen LogP contribution in [-0.2, 0) is 14.6 Å². The molecule has 9 heteroatoms. The number of rotatable bonds is 7. The van der Waals surface area contributed by atoms with Crippen LogP contribution in [0.1, 0.15) is 52.0 Å². The second-order valence-electron chi connectivity index (χ2n) is 8.87. The number of carbonyl (C=O) groups excluding carboxylic acids is 1. The number of nitrogens with zero attached hydrogens (tertiary/aromatic N) is 1. The summed E-state index contributed by atoms with van der Waals surface area (Å²) >= 11 is 0. The zero-order valence-corrected chi connectivity index (χ0v) is 21.1. The van der Waals surface area contributed by atoms with Gasteiger partial charge in [-0.1, -0.05) is 26.0 Å². The molecule has 2 N–H and O–H groups in total. The summed E-state index contributed by atoms with van der Waals surface area (Å²) in [6.07, 6.45) is 0.223. The van der Waals surface area contributed by atoms with Crippen molar-refractivity contribution in [3.05, 3.63) is 54.1 Å². The Labute approximate surface area is 202 Å². The number of hydrogen-bond acceptors (Lipinski definition) is 6. The molecule has 1 aliphatic heterocycles. The summed E-state index contributed by atoms with van der Waals surface area (Å²) < 4.78 is 31.2. The largest absolute Gasteiger partial charge is 0.457 e. The Morgan fingerprint density at radius 1 is 0.970 bits per heavy atom. The number of ether oxygens (including phenoxy) is 1. The van der Waals surface area contributed by atoms with Crippen LogP contribution in [-0.4, -0.2) is 48.3 Å². The summed E-state index contributed by atoms with van der Waals surface area (Å²) in [6, 6.07) is 14.1. The summed E-state index contributed by atoms with van der Waals surface area (Å²) in [6.45, 7) is 9.21. The van der Waals surface area contributed by atoms with Gasteiger partial charge < -0.3 is 9.64 Å². The van der Waals surface area contributed by atoms with Crippen molar-refractivity contribution in [3.63, 3.8) is 0 Å². The van der Waals surface area contributed by atoms with Crippen molar-refractivity contribution in [1.82, 2.24) is 10.4 Å². The van der Waals surface area contributed by atoms with Crippen LogP contribution in [0.5, 0.6) is 11.5 Å². The first kappa shape index (κ1) is 27.1. The first-order valence-electron chi connectivity index (χ1n) is 10.9. The maximum atomic E-state index is 13.5. The van der Waals surface area contributed by atoms with E-state index in [2.05, 4.69) is 18.7 Å². The van der Waals surface area contributed by atoms with Crippen LogP contribution in [0, 0.1) is 0 Å². The van der Waals surface area contributed by atoms with Crippen LogP contribution < -0.4 is 10.2 Å². The van der Waals surface area contributed by atoms with Crippen LogP contribution >= 0.6 is 12.4 Å². The lowest BCUT2D eigenvalue weighted by Gasteiger charge is -2.40. The summed E-state index contributed by atoms with van der Waals surface area (Å²) in [5, 5.41) is 9.30. The van der Waals surface area contributed by atoms with Crippen molar-refractivity contribution in [1.29, 1.82) is 0 Å². The van der Waals surface area contributed by atoms with Crippen molar-refractivity contribution in [2.75, 3.05) is 13.1 Å². The van der Waals surface area contributed by atoms with Crippen LogP contribution in [0.15, 0.2) is 53.4 Å². The summed E-state index contributed by atoms with van der Waals surface area (Å²) in [5.74, 6) is 0.689. The average molecular weight is 497 g/mol. The molecule has 0 radical (unpaired) electrons. The molecule has 0 bridgehead atoms. The van der Waals surface area contributed by atoms with E-state index in [1.807, 2.05) is 38.1 Å². The number of likely N-dealkylation sites (tertiary alicyclic amines) is 1. The van der Waals surface area contributed by atoms with Gasteiger partial charge in [-0.05, 0) is 74.6 Å². The Hall–Kier alpha value is -2.13. The number of piperidine rings is 1. The van der Waals surface area contributed by atoms with E-state index < -0.39 is 20.5 Å². The molecule has 0 atom stereocenters. The molecule has 0 spiro atoms. The van der Waals surface area contributed by atoms with E-state index in [1.54, 1.807) is 17.6 Å². The fourth-order valence-electron chi connectivity index (χ4n) is 4.09. The zero-order valence-electron chi connectivity index (χ0n) is 19.4. The van der Waals surface area contributed by atoms with Crippen molar-refractivity contribution in [2.45, 2.75) is 62.1 Å². The van der Waals surface area contributed by atoms with Gasteiger partial charge in [-0.25, -0.2) is 13.9 Å². The molecule has 0 aliphatic carbocycles. The van der Waals surface area contributed by atoms with Gasteiger partial charge in [0.1, 0.15) is 11.5 Å². The molecule has 33 heavy (non-hydrogen) atoms. The van der Waals surface area contributed by atoms with Crippen LogP contribution in [0.25, 0.3) is 0 Å². The fraction of sp³-hybridized carbons (Fsp3) is 0.458. The third-order valence-corrected chi connectivity index (χ3v) is 8.80. The monoisotopic (exact) mass is 496 g/mol. The van der Waals surface area contributed by atoms with Gasteiger partial charge in [0.2, 0.25) is 0 Å². The number of hydroxylamine groups is 1. The highest BCUT2D eigenvalue weighted by atomic mass is 35.5. The predicted molar refractivity (Wildman–Crippen MR) is 130 cm³/mol. The van der Waals surface area contributed by atoms with Gasteiger partial charge in [-0.2, -0.15) is 0 Å². The highest BCUT2D eigenvalue weighted by molar-refractivity contribution is 7.93. The van der Waals surface area contributed by atoms with Crippen LogP contribution in [0.2, 0.25) is 0 Å². The molecular formula is C24H33ClN2O5S. The number of hydrogen-bond donors (Lipinski definition) is 2. The first-order valence-corrected chi connectivity index (χ1v) is 12.4. The third kappa shape index (κ3) is 5.51. The normalized spacial score (nSPS) is 16.3. The summed E-state index contributed by atoms with van der Waals surface area (Å²) in [5.41, 5.74) is 2.79. The van der Waals surface area contributed by atoms with E-state index in [-0.39, 0.29) is 36.2 Å². The van der Waals surface area contributed by atoms with Gasteiger partial charge in [-0.3, -0.25) is 10.0 Å². The molecule has 3 rings (SSSR count). The highest BCUT2D eigenvalue weighted by Gasteiger charge is 2.53. The lowest BCUT2D eigenvalue weighted by Crippen LogP contribution is -2.58. The van der Waals surface area contributed by atoms with Gasteiger partial charge in [0.05, 0.1) is 4.90 Å². The molecule has 1 amide bonds. The van der Waals surface area contributed by atoms with E-state index in [1.165, 1.54) is 17.7 Å². The minimum absolute atomic E-state index is 0. The van der Waals surface area contributed by atoms with Crippen molar-refractivity contribution in [3.8, 4) is 11.5 Å². The number of carbonyl (C=O) groups is 1. The minimum Gasteiger partial charge on any atom is -0.457 e. The fourth-order valence-corrected chi connectivity index (χ4v) is 6.05. The molecule has 1 heterocycles. The topological polar surface area (TPSA) is 95.9 Å². The van der Waals surface area contributed by atoms with E-state index >= 15 is 0 Å². The standard InChI is InChI=1S/C24H32N2O5S.ClH/c1-17(2)19-5-7-20(8-6-19)31-21-9-11-22(12-10-21)32(29,30)24(23(27)25-28)13-15-26(16-14-24)18(3)4;/h5-12,17-18,28H,13-16H2,1-4H3,(H,25,27);1H. The second kappa shape index (κ2) is 10.9. The highest BCUT2D eigenvalue weighted by Crippen LogP contribution is 2.37. The molecule has 0 aromatic heterocycles. The SMILES string of the molecule is CC(C)c1ccc(Oc2ccc(S(=O)(=O)C3(C(=O)NO)CCN(C(C)C)CC3)cc2)cc1.Cl. The number of nitrogens with one attached hydrogen (secondary N) is 1. The van der Waals surface area contributed by atoms with Gasteiger partial charge in [0.25, 0.3) is 5.91 Å². The second-order valence-corrected chi connectivity index (χ2v) is 11.1. The van der Waals surface area contributed by atoms with Gasteiger partial charge in [-0.15, -0.1) is 12.4 Å². The molecule has 1 saturated heterocycles. The lowest BCUT2D eigenvalue weighted by atomic mass is 9.94. The number of sulfone groups is 1. The molecule has 2 aromatic rings. The Kier molecular flexibility index (Phi) is 8.93. The Balaban J connectivity index is 0.00000385. The smallest absolute Gasteiger partial charge is 0.265 e. The Morgan fingerprint density at radius 2 is 1.45 bits per heavy atom. The van der Waals surface area contributed by atoms with Gasteiger partial charge in [0, 0.05) is 19.1 Å². The summed E-state index contributed by atoms with van der Waals surface area (Å²) in [7, 11) is -4.04. The van der Waals surface area contributed by atoms with Crippen molar-refractivity contribution in [2.24, 2.45) is 0 Å². The maximum absolute atomic E-state index is 13.5. The van der Waals surface area contributed by atoms with Crippen molar-refractivity contribution >= 4 is 28.2 Å². The Morgan fingerprint density at radius 3 is 1.88 bits per heavy atom. The van der Waals surface area contributed by atoms with Crippen LogP contribution in [0.3, 0.4) is 0 Å². The molecule has 7 nitrogen and oxygen atoms in total. The molecule has 1 fully saturated rings. The van der Waals surface area contributed by atoms with Gasteiger partial charge >= 0.3 is 0 Å².